The molecule has 7 nitrogen and oxygen atoms in total. The zero-order chi connectivity index (χ0) is 25.3. The number of anilines is 2. The third-order valence-electron chi connectivity index (χ3n) is 6.57. The van der Waals surface area contributed by atoms with E-state index in [0.717, 1.165) is 44.2 Å². The van der Waals surface area contributed by atoms with E-state index in [9.17, 15) is 15.0 Å². The van der Waals surface area contributed by atoms with Gasteiger partial charge in [-0.15, -0.1) is 11.3 Å². The molecule has 0 saturated heterocycles. The molecule has 184 valence electrons. The largest absolute Gasteiger partial charge is 0.481 e. The van der Waals surface area contributed by atoms with Gasteiger partial charge in [0, 0.05) is 34.9 Å². The van der Waals surface area contributed by atoms with E-state index in [2.05, 4.69) is 26.3 Å². The molecule has 0 unspecified atom stereocenters. The van der Waals surface area contributed by atoms with Crippen molar-refractivity contribution in [1.29, 1.82) is 0 Å². The van der Waals surface area contributed by atoms with Crippen molar-refractivity contribution in [2.75, 3.05) is 5.32 Å². The van der Waals surface area contributed by atoms with Gasteiger partial charge < -0.3 is 15.5 Å². The number of carbonyl (C=O) groups is 1. The van der Waals surface area contributed by atoms with Gasteiger partial charge in [0.1, 0.15) is 10.6 Å². The summed E-state index contributed by atoms with van der Waals surface area (Å²) in [5.41, 5.74) is 3.58. The molecule has 0 spiro atoms. The van der Waals surface area contributed by atoms with Crippen LogP contribution in [0.15, 0.2) is 54.9 Å². The van der Waals surface area contributed by atoms with E-state index in [0.29, 0.717) is 36.6 Å². The molecule has 1 aromatic carbocycles. The third kappa shape index (κ3) is 5.28. The minimum absolute atomic E-state index is 0.391. The Morgan fingerprint density at radius 2 is 2.03 bits per heavy atom. The highest BCUT2D eigenvalue weighted by molar-refractivity contribution is 7.80. The van der Waals surface area contributed by atoms with Gasteiger partial charge >= 0.3 is 5.97 Å². The number of carboxylic acid groups (broad SMARTS) is 1. The first-order chi connectivity index (χ1) is 17.3. The molecule has 3 N–H and O–H groups in total. The van der Waals surface area contributed by atoms with Gasteiger partial charge in [-0.2, -0.15) is 0 Å². The number of carboxylic acids is 1. The summed E-state index contributed by atoms with van der Waals surface area (Å²) >= 11 is 6.78. The number of hydrogen-bond donors (Lipinski definition) is 3. The second-order valence-electron chi connectivity index (χ2n) is 9.32. The summed E-state index contributed by atoms with van der Waals surface area (Å²) in [6.07, 6.45) is 12.0. The van der Waals surface area contributed by atoms with Crippen LogP contribution in [0.25, 0.3) is 16.0 Å². The Hall–Kier alpha value is -3.27. The van der Waals surface area contributed by atoms with Crippen molar-refractivity contribution >= 4 is 51.6 Å². The van der Waals surface area contributed by atoms with Crippen molar-refractivity contribution in [1.82, 2.24) is 15.0 Å². The molecule has 2 heterocycles. The van der Waals surface area contributed by atoms with Crippen molar-refractivity contribution in [3.8, 4) is 10.4 Å². The Morgan fingerprint density at radius 1 is 1.22 bits per heavy atom. The molecule has 5 rings (SSSR count). The van der Waals surface area contributed by atoms with Crippen LogP contribution in [-0.2, 0) is 10.4 Å². The van der Waals surface area contributed by atoms with E-state index in [1.54, 1.807) is 12.4 Å². The number of nitrogens with zero attached hydrogens (tertiary/aromatic N) is 3. The molecule has 0 bridgehead atoms. The van der Waals surface area contributed by atoms with Gasteiger partial charge in [-0.3, -0.25) is 4.79 Å². The Labute approximate surface area is 218 Å². The average molecular weight is 519 g/mol. The van der Waals surface area contributed by atoms with E-state index in [-0.39, 0.29) is 0 Å². The third-order valence-corrected chi connectivity index (χ3v) is 8.09. The fourth-order valence-electron chi connectivity index (χ4n) is 4.63. The van der Waals surface area contributed by atoms with Crippen LogP contribution in [0.1, 0.15) is 48.4 Å². The number of allylic oxidation sites excluding steroid dienone is 4. The van der Waals surface area contributed by atoms with E-state index in [1.165, 1.54) is 11.3 Å². The van der Waals surface area contributed by atoms with Crippen LogP contribution in [0.4, 0.5) is 11.6 Å². The second-order valence-corrected chi connectivity index (χ2v) is 10.9. The Balaban J connectivity index is 1.36. The summed E-state index contributed by atoms with van der Waals surface area (Å²) < 4.78 is 0. The first-order valence-electron chi connectivity index (χ1n) is 11.8. The maximum atomic E-state index is 11.3. The van der Waals surface area contributed by atoms with Gasteiger partial charge in [0.05, 0.1) is 16.5 Å². The first kappa shape index (κ1) is 24.4. The molecule has 9 heteroatoms. The fraction of sp³-hybridized carbons (Fsp3) is 0.296. The molecule has 1 saturated carbocycles. The summed E-state index contributed by atoms with van der Waals surface area (Å²) in [5.74, 6) is -0.691. The number of thiazole rings is 1. The van der Waals surface area contributed by atoms with Gasteiger partial charge in [0.2, 0.25) is 5.95 Å². The molecule has 2 aromatic heterocycles. The lowest BCUT2D eigenvalue weighted by atomic mass is 9.79. The lowest BCUT2D eigenvalue weighted by molar-refractivity contribution is -0.145. The smallest absolute Gasteiger partial charge is 0.306 e. The van der Waals surface area contributed by atoms with Gasteiger partial charge in [-0.1, -0.05) is 30.4 Å². The lowest BCUT2D eigenvalue weighted by Gasteiger charge is -2.32. The van der Waals surface area contributed by atoms with Crippen LogP contribution >= 0.6 is 23.6 Å². The molecule has 3 aromatic rings. The highest BCUT2D eigenvalue weighted by atomic mass is 32.1. The van der Waals surface area contributed by atoms with Gasteiger partial charge in [-0.25, -0.2) is 15.0 Å². The summed E-state index contributed by atoms with van der Waals surface area (Å²) in [7, 11) is 0. The van der Waals surface area contributed by atoms with E-state index in [1.807, 2.05) is 43.4 Å². The maximum Gasteiger partial charge on any atom is 0.306 e. The second kappa shape index (κ2) is 10.0. The number of aryl methyl sites for hydroxylation is 1. The zero-order valence-corrected chi connectivity index (χ0v) is 21.4. The molecular formula is C27H26N4O3S2. The molecule has 0 atom stereocenters. The molecule has 2 aliphatic carbocycles. The normalized spacial score (nSPS) is 21.8. The van der Waals surface area contributed by atoms with Gasteiger partial charge in [0.25, 0.3) is 0 Å². The molecule has 36 heavy (non-hydrogen) atoms. The number of benzene rings is 1. The summed E-state index contributed by atoms with van der Waals surface area (Å²) in [4.78, 5) is 26.7. The van der Waals surface area contributed by atoms with Crippen LogP contribution < -0.4 is 5.32 Å². The molecule has 1 fully saturated rings. The van der Waals surface area contributed by atoms with Gasteiger partial charge in [0.15, 0.2) is 0 Å². The fourth-order valence-corrected chi connectivity index (χ4v) is 5.90. The quantitative estimate of drug-likeness (QED) is 0.350. The van der Waals surface area contributed by atoms with Crippen LogP contribution in [0.2, 0.25) is 0 Å². The average Bonchev–Trinajstić information content (AvgIpc) is 3.36. The lowest BCUT2D eigenvalue weighted by Crippen LogP contribution is -2.33. The first-order valence-corrected chi connectivity index (χ1v) is 13.1. The number of aliphatic carboxylic acids is 1. The number of rotatable bonds is 6. The van der Waals surface area contributed by atoms with Crippen LogP contribution in [0, 0.1) is 12.8 Å². The topological polar surface area (TPSA) is 108 Å². The van der Waals surface area contributed by atoms with Crippen molar-refractivity contribution in [3.05, 3.63) is 71.2 Å². The number of thiocarbonyl (C=S) groups is 1. The van der Waals surface area contributed by atoms with Crippen molar-refractivity contribution < 1.29 is 15.0 Å². The Bertz CT molecular complexity index is 1390. The predicted molar refractivity (Wildman–Crippen MR) is 145 cm³/mol. The van der Waals surface area contributed by atoms with Gasteiger partial charge in [-0.05, 0) is 68.0 Å². The monoisotopic (exact) mass is 518 g/mol. The summed E-state index contributed by atoms with van der Waals surface area (Å²) in [5, 5.41) is 24.4. The van der Waals surface area contributed by atoms with Crippen molar-refractivity contribution in [3.63, 3.8) is 0 Å². The van der Waals surface area contributed by atoms with E-state index in [4.69, 9.17) is 12.2 Å². The van der Waals surface area contributed by atoms with Crippen LogP contribution in [0.5, 0.6) is 0 Å². The minimum Gasteiger partial charge on any atom is -0.481 e. The van der Waals surface area contributed by atoms with Crippen molar-refractivity contribution in [2.45, 2.75) is 44.6 Å². The number of nitrogens with one attached hydrogen (secondary N) is 1. The maximum absolute atomic E-state index is 11.3. The molecule has 2 aliphatic rings. The summed E-state index contributed by atoms with van der Waals surface area (Å²) in [6.45, 7) is 2.02. The molecule has 0 aliphatic heterocycles. The number of hydrogen-bond acceptors (Lipinski definition) is 8. The SMILES string of the molecule is Cc1cc(Nc2nccc(C3=CC(=S)CC=C3)n2)cc(-c2cnc([C@]3(O)CC[C@H](C(=O)O)CC3)s2)c1. The zero-order valence-electron chi connectivity index (χ0n) is 19.8. The molecule has 0 amide bonds. The Kier molecular flexibility index (Phi) is 6.79. The van der Waals surface area contributed by atoms with Crippen molar-refractivity contribution in [2.24, 2.45) is 5.92 Å². The van der Waals surface area contributed by atoms with E-state index >= 15 is 0 Å². The standard InChI is InChI=1S/C27H26N4O3S2/c1-16-11-19(23-15-29-25(36-23)27(34)8-5-17(6-9-27)24(32)33)13-20(12-16)30-26-28-10-7-22(31-26)18-3-2-4-21(35)14-18/h2-3,7,10-15,17,34H,4-6,8-9H2,1H3,(H,32,33)(H,28,30,31)/t17-,27-. The van der Waals surface area contributed by atoms with Crippen LogP contribution in [-0.4, -0.2) is 36.0 Å². The predicted octanol–water partition coefficient (Wildman–Crippen LogP) is 5.83. The Morgan fingerprint density at radius 3 is 2.78 bits per heavy atom. The highest BCUT2D eigenvalue weighted by Gasteiger charge is 2.39. The van der Waals surface area contributed by atoms with Crippen LogP contribution in [0.3, 0.4) is 0 Å². The molecule has 0 radical (unpaired) electrons. The molecular weight excluding hydrogens is 492 g/mol. The number of aliphatic hydroxyl groups is 1. The highest BCUT2D eigenvalue weighted by Crippen LogP contribution is 2.43. The number of aromatic nitrogens is 3. The summed E-state index contributed by atoms with van der Waals surface area (Å²) in [6, 6.07) is 7.98. The minimum atomic E-state index is -1.07. The van der Waals surface area contributed by atoms with E-state index < -0.39 is 17.5 Å².